The first-order chi connectivity index (χ1) is 14.5. The van der Waals surface area contributed by atoms with Crippen LogP contribution in [0.1, 0.15) is 40.1 Å². The van der Waals surface area contributed by atoms with E-state index in [2.05, 4.69) is 33.0 Å². The number of aryl methyl sites for hydroxylation is 2. The van der Waals surface area contributed by atoms with E-state index in [4.69, 9.17) is 0 Å². The third kappa shape index (κ3) is 6.73. The van der Waals surface area contributed by atoms with Gasteiger partial charge in [0, 0.05) is 24.6 Å². The maximum atomic E-state index is 12.9. The molecule has 0 unspecified atom stereocenters. The van der Waals surface area contributed by atoms with Gasteiger partial charge in [-0.1, -0.05) is 41.7 Å². The Kier molecular flexibility index (Phi) is 7.62. The first-order valence-electron chi connectivity index (χ1n) is 9.72. The van der Waals surface area contributed by atoms with Crippen molar-refractivity contribution in [2.45, 2.75) is 38.6 Å². The minimum Gasteiger partial charge on any atom is -0.354 e. The van der Waals surface area contributed by atoms with E-state index >= 15 is 0 Å². The van der Waals surface area contributed by atoms with Crippen molar-refractivity contribution in [2.24, 2.45) is 0 Å². The predicted molar refractivity (Wildman–Crippen MR) is 115 cm³/mol. The van der Waals surface area contributed by atoms with E-state index in [-0.39, 0.29) is 29.2 Å². The fraction of sp³-hybridized carbons (Fsp3) is 0.273. The van der Waals surface area contributed by atoms with E-state index in [1.165, 1.54) is 29.8 Å². The van der Waals surface area contributed by atoms with Crippen LogP contribution in [0.4, 0.5) is 10.1 Å². The zero-order valence-corrected chi connectivity index (χ0v) is 17.4. The van der Waals surface area contributed by atoms with E-state index in [1.54, 1.807) is 0 Å². The van der Waals surface area contributed by atoms with Crippen molar-refractivity contribution in [3.63, 3.8) is 0 Å². The fourth-order valence-corrected chi connectivity index (χ4v) is 3.57. The summed E-state index contributed by atoms with van der Waals surface area (Å²) in [6, 6.07) is 15.7. The highest BCUT2D eigenvalue weighted by Gasteiger charge is 2.15. The summed E-state index contributed by atoms with van der Waals surface area (Å²) in [4.78, 5) is 24.4. The molecule has 0 fully saturated rings. The lowest BCUT2D eigenvalue weighted by Crippen LogP contribution is -2.33. The molecule has 6 nitrogen and oxygen atoms in total. The van der Waals surface area contributed by atoms with Crippen molar-refractivity contribution >= 4 is 28.8 Å². The van der Waals surface area contributed by atoms with Gasteiger partial charge in [0.25, 0.3) is 5.91 Å². The largest absolute Gasteiger partial charge is 0.354 e. The SMILES string of the molecule is C[C@@H](CCc1ccccc1)NC(=O)CCc1nnc(C(=O)Nc2ccc(F)cc2)s1. The number of aromatic nitrogens is 2. The molecule has 0 saturated heterocycles. The fourth-order valence-electron chi connectivity index (χ4n) is 2.83. The number of benzene rings is 2. The topological polar surface area (TPSA) is 84.0 Å². The molecule has 1 heterocycles. The van der Waals surface area contributed by atoms with Gasteiger partial charge in [0.1, 0.15) is 10.8 Å². The Morgan fingerprint density at radius 3 is 2.50 bits per heavy atom. The van der Waals surface area contributed by atoms with Crippen LogP contribution in [-0.2, 0) is 17.6 Å². The molecule has 0 spiro atoms. The summed E-state index contributed by atoms with van der Waals surface area (Å²) in [6.45, 7) is 1.99. The summed E-state index contributed by atoms with van der Waals surface area (Å²) in [5.41, 5.74) is 1.72. The van der Waals surface area contributed by atoms with Gasteiger partial charge in [-0.05, 0) is 49.6 Å². The van der Waals surface area contributed by atoms with E-state index in [9.17, 15) is 14.0 Å². The number of nitrogens with one attached hydrogen (secondary N) is 2. The van der Waals surface area contributed by atoms with E-state index in [0.29, 0.717) is 17.1 Å². The van der Waals surface area contributed by atoms with E-state index in [0.717, 1.165) is 24.2 Å². The third-order valence-electron chi connectivity index (χ3n) is 4.45. The van der Waals surface area contributed by atoms with Crippen LogP contribution in [0.15, 0.2) is 54.6 Å². The molecule has 30 heavy (non-hydrogen) atoms. The molecule has 1 aromatic heterocycles. The molecule has 0 saturated carbocycles. The minimum absolute atomic E-state index is 0.0527. The molecular weight excluding hydrogens is 403 g/mol. The Hall–Kier alpha value is -3.13. The highest BCUT2D eigenvalue weighted by atomic mass is 32.1. The first-order valence-corrected chi connectivity index (χ1v) is 10.5. The Balaban J connectivity index is 1.41. The van der Waals surface area contributed by atoms with Crippen molar-refractivity contribution in [1.29, 1.82) is 0 Å². The summed E-state index contributed by atoms with van der Waals surface area (Å²) in [5, 5.41) is 14.3. The Bertz CT molecular complexity index is 976. The normalized spacial score (nSPS) is 11.7. The summed E-state index contributed by atoms with van der Waals surface area (Å²) < 4.78 is 12.9. The molecule has 1 atom stereocenters. The second-order valence-electron chi connectivity index (χ2n) is 6.95. The Morgan fingerprint density at radius 2 is 1.77 bits per heavy atom. The second kappa shape index (κ2) is 10.6. The highest BCUT2D eigenvalue weighted by molar-refractivity contribution is 7.13. The van der Waals surface area contributed by atoms with Crippen molar-refractivity contribution in [1.82, 2.24) is 15.5 Å². The van der Waals surface area contributed by atoms with Crippen LogP contribution in [0.2, 0.25) is 0 Å². The average molecular weight is 427 g/mol. The predicted octanol–water partition coefficient (Wildman–Crippen LogP) is 4.00. The van der Waals surface area contributed by atoms with Gasteiger partial charge in [-0.15, -0.1) is 10.2 Å². The average Bonchev–Trinajstić information content (AvgIpc) is 3.22. The summed E-state index contributed by atoms with van der Waals surface area (Å²) in [5.74, 6) is -0.841. The van der Waals surface area contributed by atoms with Gasteiger partial charge in [0.05, 0.1) is 0 Å². The van der Waals surface area contributed by atoms with Gasteiger partial charge in [-0.2, -0.15) is 0 Å². The molecule has 2 N–H and O–H groups in total. The van der Waals surface area contributed by atoms with Gasteiger partial charge in [-0.25, -0.2) is 4.39 Å². The van der Waals surface area contributed by atoms with E-state index < -0.39 is 5.91 Å². The molecule has 3 rings (SSSR count). The molecule has 0 aliphatic carbocycles. The number of carbonyl (C=O) groups is 2. The van der Waals surface area contributed by atoms with Gasteiger partial charge in [-0.3, -0.25) is 9.59 Å². The lowest BCUT2D eigenvalue weighted by atomic mass is 10.1. The van der Waals surface area contributed by atoms with Crippen LogP contribution in [0.5, 0.6) is 0 Å². The van der Waals surface area contributed by atoms with Gasteiger partial charge >= 0.3 is 0 Å². The van der Waals surface area contributed by atoms with Crippen LogP contribution in [0, 0.1) is 5.82 Å². The van der Waals surface area contributed by atoms with Crippen LogP contribution < -0.4 is 10.6 Å². The van der Waals surface area contributed by atoms with E-state index in [1.807, 2.05) is 25.1 Å². The second-order valence-corrected chi connectivity index (χ2v) is 8.02. The maximum Gasteiger partial charge on any atom is 0.286 e. The molecular formula is C22H23FN4O2S. The number of halogens is 1. The zero-order valence-electron chi connectivity index (χ0n) is 16.6. The number of anilines is 1. The summed E-state index contributed by atoms with van der Waals surface area (Å²) >= 11 is 1.14. The molecule has 2 aromatic carbocycles. The van der Waals surface area contributed by atoms with Crippen molar-refractivity contribution in [2.75, 3.05) is 5.32 Å². The molecule has 8 heteroatoms. The molecule has 0 aliphatic rings. The van der Waals surface area contributed by atoms with Crippen molar-refractivity contribution in [3.05, 3.63) is 76.0 Å². The lowest BCUT2D eigenvalue weighted by Gasteiger charge is -2.13. The number of hydrogen-bond acceptors (Lipinski definition) is 5. The minimum atomic E-state index is -0.413. The smallest absolute Gasteiger partial charge is 0.286 e. The maximum absolute atomic E-state index is 12.9. The van der Waals surface area contributed by atoms with Crippen LogP contribution in [0.25, 0.3) is 0 Å². The van der Waals surface area contributed by atoms with Crippen LogP contribution >= 0.6 is 11.3 Å². The van der Waals surface area contributed by atoms with Gasteiger partial charge in [0.15, 0.2) is 0 Å². The molecule has 0 aliphatic heterocycles. The number of nitrogens with zero attached hydrogens (tertiary/aromatic N) is 2. The molecule has 3 aromatic rings. The zero-order chi connectivity index (χ0) is 21.3. The first kappa shape index (κ1) is 21.6. The third-order valence-corrected chi connectivity index (χ3v) is 5.43. The Labute approximate surface area is 178 Å². The number of amides is 2. The Morgan fingerprint density at radius 1 is 1.03 bits per heavy atom. The molecule has 0 radical (unpaired) electrons. The van der Waals surface area contributed by atoms with Crippen molar-refractivity contribution < 1.29 is 14.0 Å². The van der Waals surface area contributed by atoms with Gasteiger partial charge in [0.2, 0.25) is 10.9 Å². The number of carbonyl (C=O) groups excluding carboxylic acids is 2. The molecule has 156 valence electrons. The van der Waals surface area contributed by atoms with Crippen molar-refractivity contribution in [3.8, 4) is 0 Å². The highest BCUT2D eigenvalue weighted by Crippen LogP contribution is 2.15. The standard InChI is InChI=1S/C22H23FN4O2S/c1-15(7-8-16-5-3-2-4-6-16)24-19(28)13-14-20-26-27-22(30-20)21(29)25-18-11-9-17(23)10-12-18/h2-6,9-12,15H,7-8,13-14H2,1H3,(H,24,28)(H,25,29)/t15-/m0/s1. The monoisotopic (exact) mass is 426 g/mol. The quantitative estimate of drug-likeness (QED) is 0.542. The van der Waals surface area contributed by atoms with Crippen LogP contribution in [-0.4, -0.2) is 28.1 Å². The van der Waals surface area contributed by atoms with Crippen LogP contribution in [0.3, 0.4) is 0 Å². The summed E-state index contributed by atoms with van der Waals surface area (Å²) in [6.07, 6.45) is 2.47. The number of rotatable bonds is 9. The summed E-state index contributed by atoms with van der Waals surface area (Å²) in [7, 11) is 0. The lowest BCUT2D eigenvalue weighted by molar-refractivity contribution is -0.121. The van der Waals surface area contributed by atoms with Gasteiger partial charge < -0.3 is 10.6 Å². The number of hydrogen-bond donors (Lipinski definition) is 2. The molecule has 0 bridgehead atoms. The molecule has 2 amide bonds.